The molecule has 0 radical (unpaired) electrons. The Bertz CT molecular complexity index is 987. The number of aliphatic imine (C=N–C) groups is 1. The van der Waals surface area contributed by atoms with E-state index in [1.165, 1.54) is 29.7 Å². The molecule has 6 N–H and O–H groups in total. The maximum absolute atomic E-state index is 11.6. The summed E-state index contributed by atoms with van der Waals surface area (Å²) in [5, 5.41) is 6.34. The molecule has 2 heterocycles. The molecule has 2 aromatic carbocycles. The second-order valence-corrected chi connectivity index (χ2v) is 8.23. The maximum atomic E-state index is 11.6. The molecule has 33 heavy (non-hydrogen) atoms. The molecule has 5 rings (SSSR count). The van der Waals surface area contributed by atoms with Gasteiger partial charge in [0.25, 0.3) is 0 Å². The smallest absolute Gasteiger partial charge is 0.411 e. The number of amides is 1. The number of benzene rings is 2. The third-order valence-corrected chi connectivity index (χ3v) is 6.31. The van der Waals surface area contributed by atoms with Gasteiger partial charge in [-0.25, -0.2) is 9.79 Å². The summed E-state index contributed by atoms with van der Waals surface area (Å²) in [5.74, 6) is 1.02. The van der Waals surface area contributed by atoms with E-state index >= 15 is 0 Å². The van der Waals surface area contributed by atoms with Crippen molar-refractivity contribution in [1.29, 1.82) is 0 Å². The monoisotopic (exact) mass is 455 g/mol. The Kier molecular flexibility index (Phi) is 7.78. The summed E-state index contributed by atoms with van der Waals surface area (Å²) in [5.41, 5.74) is 6.00. The average molecular weight is 456 g/mol. The number of carbonyl (C=O) groups excluding carboxylic acids is 1. The molecule has 0 bridgehead atoms. The number of piperazine rings is 1. The molecule has 1 fully saturated rings. The Morgan fingerprint density at radius 2 is 1.82 bits per heavy atom. The minimum absolute atomic E-state index is 0. The van der Waals surface area contributed by atoms with Crippen LogP contribution in [-0.4, -0.2) is 60.7 Å². The summed E-state index contributed by atoms with van der Waals surface area (Å²) in [6.07, 6.45) is 3.10. The van der Waals surface area contributed by atoms with Gasteiger partial charge in [-0.3, -0.25) is 5.32 Å². The largest absolute Gasteiger partial charge is 0.450 e. The lowest BCUT2D eigenvalue weighted by Gasteiger charge is -2.40. The first kappa shape index (κ1) is 24.3. The SMILES string of the molecule is CCOC(=O)Nc1ccc(N2CCN(C3=NC4CCCc5cccc(c54)N3)CC2)cc1.O.O. The third-order valence-electron chi connectivity index (χ3n) is 6.31. The lowest BCUT2D eigenvalue weighted by molar-refractivity contribution is 0.168. The van der Waals surface area contributed by atoms with Crippen molar-refractivity contribution >= 4 is 29.1 Å². The Morgan fingerprint density at radius 3 is 2.55 bits per heavy atom. The summed E-state index contributed by atoms with van der Waals surface area (Å²) in [6.45, 7) is 5.88. The van der Waals surface area contributed by atoms with E-state index in [2.05, 4.69) is 38.6 Å². The zero-order valence-corrected chi connectivity index (χ0v) is 18.9. The summed E-state index contributed by atoms with van der Waals surface area (Å²) in [7, 11) is 0. The van der Waals surface area contributed by atoms with Crippen LogP contribution in [-0.2, 0) is 11.2 Å². The van der Waals surface area contributed by atoms with Crippen molar-refractivity contribution < 1.29 is 20.5 Å². The zero-order valence-electron chi connectivity index (χ0n) is 18.9. The predicted molar refractivity (Wildman–Crippen MR) is 131 cm³/mol. The van der Waals surface area contributed by atoms with Gasteiger partial charge in [0.1, 0.15) is 0 Å². The Labute approximate surface area is 194 Å². The molecule has 2 aliphatic heterocycles. The third kappa shape index (κ3) is 5.04. The van der Waals surface area contributed by atoms with E-state index in [9.17, 15) is 4.79 Å². The van der Waals surface area contributed by atoms with Gasteiger partial charge < -0.3 is 30.8 Å². The van der Waals surface area contributed by atoms with Crippen LogP contribution in [0.4, 0.5) is 21.9 Å². The minimum atomic E-state index is -0.420. The van der Waals surface area contributed by atoms with E-state index in [-0.39, 0.29) is 11.0 Å². The van der Waals surface area contributed by atoms with Gasteiger partial charge in [0, 0.05) is 48.8 Å². The average Bonchev–Trinajstić information content (AvgIpc) is 2.80. The number of ether oxygens (including phenoxy) is 1. The molecule has 9 heteroatoms. The second kappa shape index (κ2) is 10.5. The van der Waals surface area contributed by atoms with Crippen LogP contribution in [0, 0.1) is 0 Å². The molecule has 1 unspecified atom stereocenters. The number of anilines is 3. The number of nitrogens with one attached hydrogen (secondary N) is 2. The van der Waals surface area contributed by atoms with Crippen LogP contribution in [0.25, 0.3) is 0 Å². The fraction of sp³-hybridized carbons (Fsp3) is 0.417. The summed E-state index contributed by atoms with van der Waals surface area (Å²) in [4.78, 5) is 21.4. The van der Waals surface area contributed by atoms with Crippen LogP contribution >= 0.6 is 0 Å². The first-order valence-corrected chi connectivity index (χ1v) is 11.2. The highest BCUT2D eigenvalue weighted by Crippen LogP contribution is 2.40. The van der Waals surface area contributed by atoms with Crippen LogP contribution in [0.1, 0.15) is 36.9 Å². The molecule has 1 aliphatic carbocycles. The van der Waals surface area contributed by atoms with E-state index in [0.717, 1.165) is 49.9 Å². The Balaban J connectivity index is 0.00000153. The van der Waals surface area contributed by atoms with Gasteiger partial charge in [-0.15, -0.1) is 0 Å². The van der Waals surface area contributed by atoms with E-state index in [1.807, 2.05) is 24.3 Å². The van der Waals surface area contributed by atoms with Crippen LogP contribution < -0.4 is 15.5 Å². The quantitative estimate of drug-likeness (QED) is 0.734. The minimum Gasteiger partial charge on any atom is -0.450 e. The maximum Gasteiger partial charge on any atom is 0.411 e. The first-order chi connectivity index (χ1) is 15.2. The summed E-state index contributed by atoms with van der Waals surface area (Å²) >= 11 is 0. The fourth-order valence-electron chi connectivity index (χ4n) is 4.77. The standard InChI is InChI=1S/C24H29N5O2.2H2O/c1-2-31-24(30)25-18-9-11-19(12-10-18)28-13-15-29(16-14-28)23-26-20-7-3-5-17-6-4-8-21(27-23)22(17)20;;/h3,5,7,9-12,21H,2,4,6,8,13-16H2,1H3,(H,25,30)(H,26,27);2*1H2. The zero-order chi connectivity index (χ0) is 21.2. The van der Waals surface area contributed by atoms with Crippen LogP contribution in [0.5, 0.6) is 0 Å². The van der Waals surface area contributed by atoms with Crippen LogP contribution in [0.15, 0.2) is 47.5 Å². The lowest BCUT2D eigenvalue weighted by Crippen LogP contribution is -2.51. The Morgan fingerprint density at radius 1 is 1.09 bits per heavy atom. The number of hydrogen-bond acceptors (Lipinski definition) is 6. The van der Waals surface area contributed by atoms with Gasteiger partial charge in [-0.1, -0.05) is 12.1 Å². The first-order valence-electron chi connectivity index (χ1n) is 11.2. The van der Waals surface area contributed by atoms with Gasteiger partial charge in [-0.2, -0.15) is 0 Å². The van der Waals surface area contributed by atoms with Crippen molar-refractivity contribution in [1.82, 2.24) is 4.90 Å². The highest BCUT2D eigenvalue weighted by atomic mass is 16.5. The molecule has 178 valence electrons. The molecular weight excluding hydrogens is 422 g/mol. The number of nitrogens with zero attached hydrogens (tertiary/aromatic N) is 3. The van der Waals surface area contributed by atoms with Crippen molar-refractivity contribution in [2.75, 3.05) is 48.3 Å². The lowest BCUT2D eigenvalue weighted by atomic mass is 9.86. The van der Waals surface area contributed by atoms with E-state index in [4.69, 9.17) is 9.73 Å². The second-order valence-electron chi connectivity index (χ2n) is 8.23. The molecule has 1 amide bonds. The van der Waals surface area contributed by atoms with Crippen LogP contribution in [0.3, 0.4) is 0 Å². The van der Waals surface area contributed by atoms with Crippen molar-refractivity contribution in [2.45, 2.75) is 32.2 Å². The van der Waals surface area contributed by atoms with Crippen molar-refractivity contribution in [2.24, 2.45) is 4.99 Å². The van der Waals surface area contributed by atoms with Crippen molar-refractivity contribution in [3.05, 3.63) is 53.6 Å². The molecule has 2 aromatic rings. The van der Waals surface area contributed by atoms with E-state index < -0.39 is 6.09 Å². The van der Waals surface area contributed by atoms with Gasteiger partial charge in [-0.05, 0) is 62.1 Å². The molecular formula is C24H33N5O4. The van der Waals surface area contributed by atoms with E-state index in [0.29, 0.717) is 12.6 Å². The van der Waals surface area contributed by atoms with Gasteiger partial charge in [0.2, 0.25) is 0 Å². The van der Waals surface area contributed by atoms with Crippen LogP contribution in [0.2, 0.25) is 0 Å². The molecule has 3 aliphatic rings. The van der Waals surface area contributed by atoms with Gasteiger partial charge >= 0.3 is 6.09 Å². The van der Waals surface area contributed by atoms with Gasteiger partial charge in [0.05, 0.1) is 12.6 Å². The number of guanidine groups is 1. The number of aryl methyl sites for hydroxylation is 1. The Hall–Kier alpha value is -3.30. The molecule has 0 aromatic heterocycles. The number of rotatable bonds is 3. The van der Waals surface area contributed by atoms with Gasteiger partial charge in [0.15, 0.2) is 5.96 Å². The molecule has 1 atom stereocenters. The predicted octanol–water partition coefficient (Wildman–Crippen LogP) is 2.59. The highest BCUT2D eigenvalue weighted by molar-refractivity contribution is 5.97. The molecule has 1 saturated heterocycles. The highest BCUT2D eigenvalue weighted by Gasteiger charge is 2.30. The number of carbonyl (C=O) groups is 1. The summed E-state index contributed by atoms with van der Waals surface area (Å²) in [6, 6.07) is 14.8. The normalized spacial score (nSPS) is 18.6. The molecule has 9 nitrogen and oxygen atoms in total. The van der Waals surface area contributed by atoms with Crippen molar-refractivity contribution in [3.8, 4) is 0 Å². The number of hydrogen-bond donors (Lipinski definition) is 2. The molecule has 0 spiro atoms. The van der Waals surface area contributed by atoms with E-state index in [1.54, 1.807) is 6.92 Å². The molecule has 0 saturated carbocycles. The fourth-order valence-corrected chi connectivity index (χ4v) is 4.77. The topological polar surface area (TPSA) is 132 Å². The van der Waals surface area contributed by atoms with Crippen molar-refractivity contribution in [3.63, 3.8) is 0 Å². The summed E-state index contributed by atoms with van der Waals surface area (Å²) < 4.78 is 4.93.